The van der Waals surface area contributed by atoms with Crippen LogP contribution in [0.2, 0.25) is 0 Å². The van der Waals surface area contributed by atoms with Gasteiger partial charge < -0.3 is 0 Å². The third-order valence-corrected chi connectivity index (χ3v) is 5.43. The minimum atomic E-state index is -0.0373. The van der Waals surface area contributed by atoms with Crippen molar-refractivity contribution in [2.75, 3.05) is 0 Å². The second kappa shape index (κ2) is 7.25. The molecule has 0 aliphatic heterocycles. The van der Waals surface area contributed by atoms with Gasteiger partial charge in [0, 0.05) is 5.41 Å². The summed E-state index contributed by atoms with van der Waals surface area (Å²) in [5.74, 6) is 0. The summed E-state index contributed by atoms with van der Waals surface area (Å²) in [4.78, 5) is 0. The molecule has 0 N–H and O–H groups in total. The largest absolute Gasteiger partial charge is 0.0622 e. The standard InChI is InChI=1S/C27H24/c1-27(2,25-17-13-23(14-18-25)21-9-5-3-6-10-21)26-19-15-24(16-20-26)22-11-7-4-8-12-22/h3-20H,1-2H3. The molecule has 0 heteroatoms. The lowest BCUT2D eigenvalue weighted by Crippen LogP contribution is -2.18. The zero-order valence-electron chi connectivity index (χ0n) is 15.9. The molecular formula is C27H24. The summed E-state index contributed by atoms with van der Waals surface area (Å²) in [6.45, 7) is 4.59. The molecule has 4 aromatic carbocycles. The van der Waals surface area contributed by atoms with Crippen LogP contribution in [-0.4, -0.2) is 0 Å². The summed E-state index contributed by atoms with van der Waals surface area (Å²) >= 11 is 0. The minimum absolute atomic E-state index is 0.0373. The van der Waals surface area contributed by atoms with Crippen LogP contribution < -0.4 is 0 Å². The fraction of sp³-hybridized carbons (Fsp3) is 0.111. The molecule has 0 bridgehead atoms. The van der Waals surface area contributed by atoms with E-state index in [1.807, 2.05) is 0 Å². The third-order valence-electron chi connectivity index (χ3n) is 5.43. The van der Waals surface area contributed by atoms with Gasteiger partial charge in [0.25, 0.3) is 0 Å². The van der Waals surface area contributed by atoms with E-state index in [2.05, 4.69) is 123 Å². The summed E-state index contributed by atoms with van der Waals surface area (Å²) in [6.07, 6.45) is 0. The third kappa shape index (κ3) is 3.57. The van der Waals surface area contributed by atoms with Crippen molar-refractivity contribution >= 4 is 0 Å². The van der Waals surface area contributed by atoms with Crippen molar-refractivity contribution in [1.82, 2.24) is 0 Å². The van der Waals surface area contributed by atoms with Crippen LogP contribution in [0.3, 0.4) is 0 Å². The van der Waals surface area contributed by atoms with Crippen molar-refractivity contribution < 1.29 is 0 Å². The Morgan fingerprint density at radius 2 is 0.667 bits per heavy atom. The van der Waals surface area contributed by atoms with Crippen LogP contribution >= 0.6 is 0 Å². The van der Waals surface area contributed by atoms with Gasteiger partial charge in [-0.3, -0.25) is 0 Å². The summed E-state index contributed by atoms with van der Waals surface area (Å²) < 4.78 is 0. The van der Waals surface area contributed by atoms with Gasteiger partial charge in [-0.15, -0.1) is 0 Å². The lowest BCUT2D eigenvalue weighted by atomic mass is 9.77. The summed E-state index contributed by atoms with van der Waals surface area (Å²) in [6, 6.07) is 39.0. The summed E-state index contributed by atoms with van der Waals surface area (Å²) in [5, 5.41) is 0. The molecule has 0 aromatic heterocycles. The fourth-order valence-corrected chi connectivity index (χ4v) is 3.59. The zero-order valence-corrected chi connectivity index (χ0v) is 15.9. The predicted molar refractivity (Wildman–Crippen MR) is 116 cm³/mol. The van der Waals surface area contributed by atoms with Gasteiger partial charge in [0.1, 0.15) is 0 Å². The molecule has 27 heavy (non-hydrogen) atoms. The average Bonchev–Trinajstić information content (AvgIpc) is 2.75. The molecule has 0 radical (unpaired) electrons. The number of benzene rings is 4. The molecule has 0 aliphatic rings. The van der Waals surface area contributed by atoms with Crippen molar-refractivity contribution in [2.24, 2.45) is 0 Å². The molecule has 0 unspecified atom stereocenters. The van der Waals surface area contributed by atoms with E-state index in [4.69, 9.17) is 0 Å². The van der Waals surface area contributed by atoms with Gasteiger partial charge in [0.15, 0.2) is 0 Å². The Balaban J connectivity index is 1.61. The Labute approximate surface area is 162 Å². The maximum atomic E-state index is 2.29. The van der Waals surface area contributed by atoms with E-state index < -0.39 is 0 Å². The highest BCUT2D eigenvalue weighted by atomic mass is 14.3. The van der Waals surface area contributed by atoms with Crippen LogP contribution in [0.4, 0.5) is 0 Å². The van der Waals surface area contributed by atoms with Crippen molar-refractivity contribution in [3.63, 3.8) is 0 Å². The first kappa shape index (κ1) is 17.3. The Morgan fingerprint density at radius 3 is 1.00 bits per heavy atom. The van der Waals surface area contributed by atoms with E-state index in [1.54, 1.807) is 0 Å². The van der Waals surface area contributed by atoms with Gasteiger partial charge in [-0.1, -0.05) is 123 Å². The Morgan fingerprint density at radius 1 is 0.370 bits per heavy atom. The van der Waals surface area contributed by atoms with E-state index in [0.717, 1.165) is 0 Å². The van der Waals surface area contributed by atoms with Crippen LogP contribution in [0.1, 0.15) is 25.0 Å². The van der Waals surface area contributed by atoms with E-state index in [9.17, 15) is 0 Å². The maximum absolute atomic E-state index is 2.29. The van der Waals surface area contributed by atoms with Crippen molar-refractivity contribution in [3.05, 3.63) is 120 Å². The highest BCUT2D eigenvalue weighted by Crippen LogP contribution is 2.34. The first-order chi connectivity index (χ1) is 13.1. The molecule has 0 spiro atoms. The van der Waals surface area contributed by atoms with E-state index >= 15 is 0 Å². The van der Waals surface area contributed by atoms with Crippen LogP contribution in [0.15, 0.2) is 109 Å². The van der Waals surface area contributed by atoms with Gasteiger partial charge >= 0.3 is 0 Å². The molecule has 4 aromatic rings. The molecule has 0 nitrogen and oxygen atoms in total. The number of hydrogen-bond donors (Lipinski definition) is 0. The maximum Gasteiger partial charge on any atom is 0.0146 e. The van der Waals surface area contributed by atoms with E-state index in [0.29, 0.717) is 0 Å². The number of hydrogen-bond acceptors (Lipinski definition) is 0. The molecule has 0 heterocycles. The highest BCUT2D eigenvalue weighted by molar-refractivity contribution is 5.65. The van der Waals surface area contributed by atoms with Gasteiger partial charge in [0.2, 0.25) is 0 Å². The molecule has 0 aliphatic carbocycles. The minimum Gasteiger partial charge on any atom is -0.0622 e. The number of rotatable bonds is 4. The topological polar surface area (TPSA) is 0 Å². The summed E-state index contributed by atoms with van der Waals surface area (Å²) in [7, 11) is 0. The first-order valence-corrected chi connectivity index (χ1v) is 9.46. The Hall–Kier alpha value is -3.12. The fourth-order valence-electron chi connectivity index (χ4n) is 3.59. The van der Waals surface area contributed by atoms with Crippen molar-refractivity contribution in [2.45, 2.75) is 19.3 Å². The Kier molecular flexibility index (Phi) is 4.64. The van der Waals surface area contributed by atoms with Crippen molar-refractivity contribution in [3.8, 4) is 22.3 Å². The molecule has 132 valence electrons. The predicted octanol–water partition coefficient (Wildman–Crippen LogP) is 7.35. The molecular weight excluding hydrogens is 324 g/mol. The van der Waals surface area contributed by atoms with E-state index in [1.165, 1.54) is 33.4 Å². The lowest BCUT2D eigenvalue weighted by molar-refractivity contribution is 0.641. The SMILES string of the molecule is CC(C)(c1ccc(-c2ccccc2)cc1)c1ccc(-c2ccccc2)cc1. The Bertz CT molecular complexity index is 908. The van der Waals surface area contributed by atoms with Crippen molar-refractivity contribution in [1.29, 1.82) is 0 Å². The molecule has 0 atom stereocenters. The van der Waals surface area contributed by atoms with Crippen LogP contribution in [0.5, 0.6) is 0 Å². The summed E-state index contributed by atoms with van der Waals surface area (Å²) in [5.41, 5.74) is 7.65. The van der Waals surface area contributed by atoms with Crippen LogP contribution in [-0.2, 0) is 5.41 Å². The molecule has 4 rings (SSSR count). The molecule has 0 amide bonds. The monoisotopic (exact) mass is 348 g/mol. The lowest BCUT2D eigenvalue weighted by Gasteiger charge is -2.26. The van der Waals surface area contributed by atoms with Crippen LogP contribution in [0.25, 0.3) is 22.3 Å². The zero-order chi connectivity index (χ0) is 18.7. The molecule has 0 saturated carbocycles. The molecule has 0 saturated heterocycles. The average molecular weight is 348 g/mol. The first-order valence-electron chi connectivity index (χ1n) is 9.46. The smallest absolute Gasteiger partial charge is 0.0146 e. The van der Waals surface area contributed by atoms with E-state index in [-0.39, 0.29) is 5.41 Å². The van der Waals surface area contributed by atoms with Crippen LogP contribution in [0, 0.1) is 0 Å². The van der Waals surface area contributed by atoms with Gasteiger partial charge in [-0.25, -0.2) is 0 Å². The quantitative estimate of drug-likeness (QED) is 0.362. The van der Waals surface area contributed by atoms with Gasteiger partial charge in [-0.05, 0) is 33.4 Å². The second-order valence-electron chi connectivity index (χ2n) is 7.51. The highest BCUT2D eigenvalue weighted by Gasteiger charge is 2.23. The normalized spacial score (nSPS) is 11.3. The second-order valence-corrected chi connectivity index (χ2v) is 7.51. The molecule has 0 fully saturated rings. The van der Waals surface area contributed by atoms with Gasteiger partial charge in [0.05, 0.1) is 0 Å². The van der Waals surface area contributed by atoms with Gasteiger partial charge in [-0.2, -0.15) is 0 Å².